The van der Waals surface area contributed by atoms with Crippen molar-refractivity contribution in [3.05, 3.63) is 0 Å². The van der Waals surface area contributed by atoms with Crippen molar-refractivity contribution < 1.29 is 9.59 Å². The highest BCUT2D eigenvalue weighted by Crippen LogP contribution is 2.29. The van der Waals surface area contributed by atoms with E-state index < -0.39 is 5.54 Å². The predicted molar refractivity (Wildman–Crippen MR) is 98.0 cm³/mol. The van der Waals surface area contributed by atoms with Gasteiger partial charge < -0.3 is 16.0 Å². The van der Waals surface area contributed by atoms with Crippen molar-refractivity contribution in [2.24, 2.45) is 11.7 Å². The lowest BCUT2D eigenvalue weighted by Gasteiger charge is -2.38. The van der Waals surface area contributed by atoms with Gasteiger partial charge in [-0.25, -0.2) is 0 Å². The van der Waals surface area contributed by atoms with E-state index in [1.165, 1.54) is 12.8 Å². The van der Waals surface area contributed by atoms with Crippen molar-refractivity contribution in [2.75, 3.05) is 32.7 Å². The minimum absolute atomic E-state index is 0.116. The maximum Gasteiger partial charge on any atom is 0.242 e. The second kappa shape index (κ2) is 8.04. The third kappa shape index (κ3) is 4.73. The SMILES string of the molecule is CC1CCCC(NC(=O)CN2CCN(C(=O)C3(N)CCCC3)CC2)C1. The summed E-state index contributed by atoms with van der Waals surface area (Å²) in [5, 5.41) is 3.20. The average Bonchev–Trinajstić information content (AvgIpc) is 3.03. The van der Waals surface area contributed by atoms with Crippen molar-refractivity contribution in [3.63, 3.8) is 0 Å². The van der Waals surface area contributed by atoms with Crippen LogP contribution in [-0.4, -0.2) is 65.9 Å². The smallest absolute Gasteiger partial charge is 0.242 e. The topological polar surface area (TPSA) is 78.7 Å². The van der Waals surface area contributed by atoms with E-state index in [9.17, 15) is 9.59 Å². The van der Waals surface area contributed by atoms with Gasteiger partial charge in [-0.15, -0.1) is 0 Å². The molecule has 0 aromatic rings. The van der Waals surface area contributed by atoms with Crippen LogP contribution in [0.4, 0.5) is 0 Å². The largest absolute Gasteiger partial charge is 0.352 e. The molecule has 0 aromatic heterocycles. The molecule has 6 nitrogen and oxygen atoms in total. The van der Waals surface area contributed by atoms with Gasteiger partial charge in [-0.2, -0.15) is 0 Å². The quantitative estimate of drug-likeness (QED) is 0.796. The third-order valence-corrected chi connectivity index (χ3v) is 6.25. The Bertz CT molecular complexity index is 482. The lowest BCUT2D eigenvalue weighted by molar-refractivity contribution is -0.138. The van der Waals surface area contributed by atoms with Crippen LogP contribution in [-0.2, 0) is 9.59 Å². The molecule has 2 unspecified atom stereocenters. The van der Waals surface area contributed by atoms with E-state index in [1.54, 1.807) is 0 Å². The second-order valence-corrected chi connectivity index (χ2v) is 8.47. The molecule has 3 fully saturated rings. The molecule has 0 bridgehead atoms. The van der Waals surface area contributed by atoms with Gasteiger partial charge in [0.05, 0.1) is 12.1 Å². The number of nitrogens with one attached hydrogen (secondary N) is 1. The highest BCUT2D eigenvalue weighted by molar-refractivity contribution is 5.86. The van der Waals surface area contributed by atoms with E-state index in [0.717, 1.165) is 51.6 Å². The lowest BCUT2D eigenvalue weighted by atomic mass is 9.87. The first-order chi connectivity index (χ1) is 12.0. The number of hydrogen-bond acceptors (Lipinski definition) is 4. The van der Waals surface area contributed by atoms with Crippen LogP contribution in [0, 0.1) is 5.92 Å². The summed E-state index contributed by atoms with van der Waals surface area (Å²) in [4.78, 5) is 29.0. The molecular weight excluding hydrogens is 316 g/mol. The monoisotopic (exact) mass is 350 g/mol. The van der Waals surface area contributed by atoms with Gasteiger partial charge in [0.15, 0.2) is 0 Å². The summed E-state index contributed by atoms with van der Waals surface area (Å²) in [6.07, 6.45) is 8.45. The maximum absolute atomic E-state index is 12.6. The van der Waals surface area contributed by atoms with Gasteiger partial charge in [-0.1, -0.05) is 32.6 Å². The lowest BCUT2D eigenvalue weighted by Crippen LogP contribution is -2.59. The summed E-state index contributed by atoms with van der Waals surface area (Å²) in [6, 6.07) is 0.346. The van der Waals surface area contributed by atoms with Crippen LogP contribution < -0.4 is 11.1 Å². The average molecular weight is 351 g/mol. The molecule has 0 aromatic carbocycles. The molecule has 1 aliphatic heterocycles. The standard InChI is InChI=1S/C19H34N4O2/c1-15-5-4-6-16(13-15)21-17(24)14-22-9-11-23(12-10-22)18(25)19(20)7-2-3-8-19/h15-16H,2-14,20H2,1H3,(H,21,24). The minimum Gasteiger partial charge on any atom is -0.352 e. The summed E-state index contributed by atoms with van der Waals surface area (Å²) >= 11 is 0. The number of rotatable bonds is 4. The van der Waals surface area contributed by atoms with E-state index in [1.807, 2.05) is 4.90 Å². The van der Waals surface area contributed by atoms with Gasteiger partial charge in [0.1, 0.15) is 0 Å². The number of nitrogens with zero attached hydrogens (tertiary/aromatic N) is 2. The van der Waals surface area contributed by atoms with Crippen LogP contribution >= 0.6 is 0 Å². The van der Waals surface area contributed by atoms with Gasteiger partial charge in [0, 0.05) is 32.2 Å². The van der Waals surface area contributed by atoms with Gasteiger partial charge in [0.2, 0.25) is 11.8 Å². The Labute approximate surface area is 151 Å². The first kappa shape index (κ1) is 18.6. The highest BCUT2D eigenvalue weighted by atomic mass is 16.2. The second-order valence-electron chi connectivity index (χ2n) is 8.47. The fourth-order valence-corrected chi connectivity index (χ4v) is 4.69. The molecule has 3 N–H and O–H groups in total. The first-order valence-corrected chi connectivity index (χ1v) is 10.1. The molecule has 25 heavy (non-hydrogen) atoms. The molecule has 1 heterocycles. The Morgan fingerprint density at radius 1 is 1.08 bits per heavy atom. The molecular formula is C19H34N4O2. The number of amides is 2. The van der Waals surface area contributed by atoms with Gasteiger partial charge >= 0.3 is 0 Å². The van der Waals surface area contributed by atoms with Gasteiger partial charge in [-0.05, 0) is 31.6 Å². The van der Waals surface area contributed by atoms with E-state index in [-0.39, 0.29) is 11.8 Å². The molecule has 2 aliphatic carbocycles. The molecule has 2 amide bonds. The third-order valence-electron chi connectivity index (χ3n) is 6.25. The molecule has 1 saturated heterocycles. The highest BCUT2D eigenvalue weighted by Gasteiger charge is 2.40. The molecule has 3 rings (SSSR count). The van der Waals surface area contributed by atoms with Crippen LogP contribution in [0.15, 0.2) is 0 Å². The summed E-state index contributed by atoms with van der Waals surface area (Å²) < 4.78 is 0. The number of hydrogen-bond donors (Lipinski definition) is 2. The van der Waals surface area contributed by atoms with Crippen molar-refractivity contribution in [2.45, 2.75) is 69.9 Å². The number of carbonyl (C=O) groups excluding carboxylic acids is 2. The summed E-state index contributed by atoms with van der Waals surface area (Å²) in [7, 11) is 0. The summed E-state index contributed by atoms with van der Waals surface area (Å²) in [5.74, 6) is 0.961. The fraction of sp³-hybridized carbons (Fsp3) is 0.895. The number of piperazine rings is 1. The number of carbonyl (C=O) groups is 2. The zero-order valence-corrected chi connectivity index (χ0v) is 15.6. The maximum atomic E-state index is 12.6. The van der Waals surface area contributed by atoms with Crippen molar-refractivity contribution in [1.82, 2.24) is 15.1 Å². The van der Waals surface area contributed by atoms with Gasteiger partial charge in [-0.3, -0.25) is 14.5 Å². The molecule has 2 saturated carbocycles. The van der Waals surface area contributed by atoms with Crippen LogP contribution in [0.2, 0.25) is 0 Å². The Morgan fingerprint density at radius 2 is 1.76 bits per heavy atom. The summed E-state index contributed by atoms with van der Waals surface area (Å²) in [5.41, 5.74) is 5.67. The van der Waals surface area contributed by atoms with E-state index in [4.69, 9.17) is 5.73 Å². The van der Waals surface area contributed by atoms with Crippen LogP contribution in [0.1, 0.15) is 58.3 Å². The van der Waals surface area contributed by atoms with E-state index in [0.29, 0.717) is 31.6 Å². The normalized spacial score (nSPS) is 30.2. The fourth-order valence-electron chi connectivity index (χ4n) is 4.69. The Hall–Kier alpha value is -1.14. The van der Waals surface area contributed by atoms with Gasteiger partial charge in [0.25, 0.3) is 0 Å². The van der Waals surface area contributed by atoms with E-state index in [2.05, 4.69) is 17.1 Å². The summed E-state index contributed by atoms with van der Waals surface area (Å²) in [6.45, 7) is 5.60. The molecule has 0 radical (unpaired) electrons. The zero-order valence-electron chi connectivity index (χ0n) is 15.6. The Kier molecular flexibility index (Phi) is 6.00. The molecule has 142 valence electrons. The predicted octanol–water partition coefficient (Wildman–Crippen LogP) is 1.10. The van der Waals surface area contributed by atoms with Crippen LogP contribution in [0.3, 0.4) is 0 Å². The van der Waals surface area contributed by atoms with Crippen molar-refractivity contribution >= 4 is 11.8 Å². The Balaban J connectivity index is 1.40. The zero-order chi connectivity index (χ0) is 17.9. The van der Waals surface area contributed by atoms with E-state index >= 15 is 0 Å². The molecule has 2 atom stereocenters. The molecule has 3 aliphatic rings. The van der Waals surface area contributed by atoms with Crippen LogP contribution in [0.25, 0.3) is 0 Å². The van der Waals surface area contributed by atoms with Crippen LogP contribution in [0.5, 0.6) is 0 Å². The number of nitrogens with two attached hydrogens (primary N) is 1. The Morgan fingerprint density at radius 3 is 2.40 bits per heavy atom. The molecule has 6 heteroatoms. The van der Waals surface area contributed by atoms with Crippen molar-refractivity contribution in [3.8, 4) is 0 Å². The molecule has 0 spiro atoms. The first-order valence-electron chi connectivity index (χ1n) is 10.1. The minimum atomic E-state index is -0.628. The van der Waals surface area contributed by atoms with Crippen molar-refractivity contribution in [1.29, 1.82) is 0 Å².